The summed E-state index contributed by atoms with van der Waals surface area (Å²) in [5.74, 6) is 0.837. The van der Waals surface area contributed by atoms with Gasteiger partial charge in [-0.05, 0) is 46.5 Å². The Morgan fingerprint density at radius 1 is 1.32 bits per heavy atom. The zero-order chi connectivity index (χ0) is 14.3. The van der Waals surface area contributed by atoms with Gasteiger partial charge in [0.05, 0.1) is 6.61 Å². The highest BCUT2D eigenvalue weighted by atomic mass is 16.5. The number of ether oxygens (including phenoxy) is 1. The molecule has 1 rings (SSSR count). The lowest BCUT2D eigenvalue weighted by atomic mass is 10.2. The smallest absolute Gasteiger partial charge is 0.123 e. The van der Waals surface area contributed by atoms with Gasteiger partial charge in [0, 0.05) is 29.5 Å². The van der Waals surface area contributed by atoms with Crippen LogP contribution in [0.5, 0.6) is 5.75 Å². The van der Waals surface area contributed by atoms with Crippen LogP contribution in [0.2, 0.25) is 0 Å². The Bertz CT molecular complexity index is 380. The first kappa shape index (κ1) is 15.6. The lowest BCUT2D eigenvalue weighted by Gasteiger charge is -2.18. The molecule has 0 bridgehead atoms. The second-order valence-electron chi connectivity index (χ2n) is 5.28. The van der Waals surface area contributed by atoms with Crippen LogP contribution in [0.25, 0.3) is 0 Å². The van der Waals surface area contributed by atoms with Crippen molar-refractivity contribution in [2.24, 2.45) is 0 Å². The Labute approximate surface area is 116 Å². The van der Waals surface area contributed by atoms with Crippen molar-refractivity contribution in [3.8, 4) is 5.75 Å². The summed E-state index contributed by atoms with van der Waals surface area (Å²) >= 11 is 0. The summed E-state index contributed by atoms with van der Waals surface area (Å²) in [7, 11) is 4.17. The van der Waals surface area contributed by atoms with Crippen molar-refractivity contribution in [3.63, 3.8) is 0 Å². The largest absolute Gasteiger partial charge is 0.493 e. The second-order valence-corrected chi connectivity index (χ2v) is 5.28. The van der Waals surface area contributed by atoms with Gasteiger partial charge in [-0.1, -0.05) is 6.92 Å². The molecule has 0 fully saturated rings. The maximum Gasteiger partial charge on any atom is 0.123 e. The van der Waals surface area contributed by atoms with E-state index in [4.69, 9.17) is 10.5 Å². The third-order valence-electron chi connectivity index (χ3n) is 2.82. The zero-order valence-electron chi connectivity index (χ0n) is 12.6. The molecular formula is C15H27N3O. The van der Waals surface area contributed by atoms with E-state index >= 15 is 0 Å². The van der Waals surface area contributed by atoms with Crippen molar-refractivity contribution in [1.82, 2.24) is 4.90 Å². The van der Waals surface area contributed by atoms with Gasteiger partial charge in [-0.2, -0.15) is 0 Å². The summed E-state index contributed by atoms with van der Waals surface area (Å²) in [6.45, 7) is 6.06. The van der Waals surface area contributed by atoms with Crippen molar-refractivity contribution in [1.29, 1.82) is 0 Å². The van der Waals surface area contributed by atoms with Crippen molar-refractivity contribution in [3.05, 3.63) is 18.2 Å². The number of nitrogens with one attached hydrogen (secondary N) is 1. The normalized spacial score (nSPS) is 12.5. The summed E-state index contributed by atoms with van der Waals surface area (Å²) in [4.78, 5) is 2.19. The van der Waals surface area contributed by atoms with Crippen LogP contribution in [0, 0.1) is 0 Å². The van der Waals surface area contributed by atoms with Gasteiger partial charge in [0.15, 0.2) is 0 Å². The number of rotatable bonds is 8. The van der Waals surface area contributed by atoms with E-state index in [2.05, 4.69) is 38.2 Å². The van der Waals surface area contributed by atoms with Crippen molar-refractivity contribution in [2.45, 2.75) is 32.7 Å². The number of hydrogen-bond acceptors (Lipinski definition) is 4. The number of hydrogen-bond donors (Lipinski definition) is 2. The first-order valence-electron chi connectivity index (χ1n) is 6.96. The van der Waals surface area contributed by atoms with Crippen molar-refractivity contribution in [2.75, 3.05) is 38.3 Å². The summed E-state index contributed by atoms with van der Waals surface area (Å²) in [5, 5.41) is 3.47. The van der Waals surface area contributed by atoms with Crippen LogP contribution >= 0.6 is 0 Å². The summed E-state index contributed by atoms with van der Waals surface area (Å²) in [5.41, 5.74) is 7.66. The Morgan fingerprint density at radius 3 is 2.68 bits per heavy atom. The fourth-order valence-electron chi connectivity index (χ4n) is 1.82. The second kappa shape index (κ2) is 7.89. The predicted octanol–water partition coefficient (Wildman–Crippen LogP) is 2.81. The third kappa shape index (κ3) is 6.34. The Morgan fingerprint density at radius 2 is 2.05 bits per heavy atom. The van der Waals surface area contributed by atoms with Crippen LogP contribution < -0.4 is 15.8 Å². The molecule has 3 N–H and O–H groups in total. The molecular weight excluding hydrogens is 238 g/mol. The van der Waals surface area contributed by atoms with Crippen LogP contribution in [0.3, 0.4) is 0 Å². The Balaban J connectivity index is 2.59. The zero-order valence-corrected chi connectivity index (χ0v) is 12.6. The highest BCUT2D eigenvalue weighted by Gasteiger charge is 2.05. The van der Waals surface area contributed by atoms with E-state index in [9.17, 15) is 0 Å². The minimum absolute atomic E-state index is 0.406. The first-order chi connectivity index (χ1) is 9.01. The van der Waals surface area contributed by atoms with Crippen LogP contribution in [0.4, 0.5) is 11.4 Å². The molecule has 108 valence electrons. The molecule has 0 spiro atoms. The number of nitrogens with zero attached hydrogens (tertiary/aromatic N) is 1. The van der Waals surface area contributed by atoms with E-state index < -0.39 is 0 Å². The van der Waals surface area contributed by atoms with E-state index in [1.807, 2.05) is 18.2 Å². The molecule has 0 radical (unpaired) electrons. The molecule has 0 saturated heterocycles. The third-order valence-corrected chi connectivity index (χ3v) is 2.82. The number of anilines is 2. The lowest BCUT2D eigenvalue weighted by Crippen LogP contribution is -2.23. The molecule has 0 aliphatic heterocycles. The highest BCUT2D eigenvalue weighted by Crippen LogP contribution is 2.23. The highest BCUT2D eigenvalue weighted by molar-refractivity contribution is 5.59. The fourth-order valence-corrected chi connectivity index (χ4v) is 1.82. The average molecular weight is 265 g/mol. The van der Waals surface area contributed by atoms with E-state index in [0.717, 1.165) is 43.1 Å². The first-order valence-corrected chi connectivity index (χ1v) is 6.96. The van der Waals surface area contributed by atoms with Crippen LogP contribution in [0.15, 0.2) is 18.2 Å². The van der Waals surface area contributed by atoms with Gasteiger partial charge >= 0.3 is 0 Å². The molecule has 19 heavy (non-hydrogen) atoms. The van der Waals surface area contributed by atoms with Crippen molar-refractivity contribution < 1.29 is 4.74 Å². The molecule has 0 saturated carbocycles. The fraction of sp³-hybridized carbons (Fsp3) is 0.600. The molecule has 0 aliphatic carbocycles. The lowest BCUT2D eigenvalue weighted by molar-refractivity contribution is 0.317. The average Bonchev–Trinajstić information content (AvgIpc) is 2.33. The maximum atomic E-state index is 5.90. The topological polar surface area (TPSA) is 50.5 Å². The quantitative estimate of drug-likeness (QED) is 0.710. The molecule has 0 aliphatic rings. The maximum absolute atomic E-state index is 5.90. The molecule has 1 atom stereocenters. The van der Waals surface area contributed by atoms with Crippen LogP contribution in [-0.2, 0) is 0 Å². The number of nitrogen functional groups attached to an aromatic ring is 1. The minimum Gasteiger partial charge on any atom is -0.493 e. The van der Waals surface area contributed by atoms with Gasteiger partial charge in [0.2, 0.25) is 0 Å². The van der Waals surface area contributed by atoms with Crippen LogP contribution in [0.1, 0.15) is 26.7 Å². The number of benzene rings is 1. The molecule has 4 nitrogen and oxygen atoms in total. The van der Waals surface area contributed by atoms with E-state index in [1.54, 1.807) is 0 Å². The Hall–Kier alpha value is -1.42. The van der Waals surface area contributed by atoms with Gasteiger partial charge in [-0.25, -0.2) is 0 Å². The molecule has 1 aromatic rings. The minimum atomic E-state index is 0.406. The summed E-state index contributed by atoms with van der Waals surface area (Å²) in [6.07, 6.45) is 2.09. The number of nitrogens with two attached hydrogens (primary N) is 1. The van der Waals surface area contributed by atoms with E-state index in [-0.39, 0.29) is 0 Å². The van der Waals surface area contributed by atoms with Crippen LogP contribution in [-0.4, -0.2) is 38.2 Å². The van der Waals surface area contributed by atoms with Gasteiger partial charge in [0.1, 0.15) is 5.75 Å². The van der Waals surface area contributed by atoms with Gasteiger partial charge < -0.3 is 20.7 Å². The van der Waals surface area contributed by atoms with Gasteiger partial charge in [-0.3, -0.25) is 0 Å². The standard InChI is InChI=1S/C15H27N3O/c1-5-8-19-15-10-13(16)9-14(11-15)17-12(2)6-7-18(3)4/h9-12,17H,5-8,16H2,1-4H3. The molecule has 1 unspecified atom stereocenters. The van der Waals surface area contributed by atoms with E-state index in [1.165, 1.54) is 0 Å². The monoisotopic (exact) mass is 265 g/mol. The summed E-state index contributed by atoms with van der Waals surface area (Å²) in [6, 6.07) is 6.23. The molecule has 4 heteroatoms. The van der Waals surface area contributed by atoms with Crippen molar-refractivity contribution >= 4 is 11.4 Å². The summed E-state index contributed by atoms with van der Waals surface area (Å²) < 4.78 is 5.63. The molecule has 1 aromatic carbocycles. The Kier molecular flexibility index (Phi) is 6.50. The SMILES string of the molecule is CCCOc1cc(N)cc(NC(C)CCN(C)C)c1. The molecule has 0 amide bonds. The van der Waals surface area contributed by atoms with Gasteiger partial charge in [-0.15, -0.1) is 0 Å². The molecule has 0 heterocycles. The predicted molar refractivity (Wildman–Crippen MR) is 82.9 cm³/mol. The van der Waals surface area contributed by atoms with E-state index in [0.29, 0.717) is 6.04 Å². The molecule has 0 aromatic heterocycles. The van der Waals surface area contributed by atoms with Gasteiger partial charge in [0.25, 0.3) is 0 Å².